The van der Waals surface area contributed by atoms with E-state index in [1.165, 1.54) is 0 Å². The third kappa shape index (κ3) is 2.50. The van der Waals surface area contributed by atoms with E-state index >= 15 is 0 Å². The molecule has 0 spiro atoms. The van der Waals surface area contributed by atoms with Gasteiger partial charge in [-0.3, -0.25) is 9.89 Å². The first-order valence-electron chi connectivity index (χ1n) is 6.88. The van der Waals surface area contributed by atoms with E-state index in [-0.39, 0.29) is 5.91 Å². The maximum absolute atomic E-state index is 12.4. The molecule has 0 aliphatic carbocycles. The van der Waals surface area contributed by atoms with Gasteiger partial charge in [-0.25, -0.2) is 0 Å². The van der Waals surface area contributed by atoms with Gasteiger partial charge in [0.15, 0.2) is 5.69 Å². The number of ether oxygens (including phenoxy) is 1. The molecule has 3 rings (SSSR count). The second-order valence-corrected chi connectivity index (χ2v) is 5.31. The van der Waals surface area contributed by atoms with Crippen LogP contribution in [0.4, 0.5) is 11.4 Å². The zero-order valence-electron chi connectivity index (χ0n) is 12.1. The molecule has 0 radical (unpaired) electrons. The molecule has 1 aromatic heterocycles. The van der Waals surface area contributed by atoms with Crippen LogP contribution in [0.25, 0.3) is 0 Å². The number of aryl methyl sites for hydroxylation is 2. The van der Waals surface area contributed by atoms with Gasteiger partial charge in [0.2, 0.25) is 0 Å². The Morgan fingerprint density at radius 2 is 2.14 bits per heavy atom. The number of carbonyl (C=O) groups excluding carboxylic acids is 1. The Bertz CT molecular complexity index is 706. The fraction of sp³-hybridized carbons (Fsp3) is 0.333. The molecule has 0 bridgehead atoms. The molecule has 0 saturated heterocycles. The Labute approximate surface area is 122 Å². The molecule has 1 amide bonds. The highest BCUT2D eigenvalue weighted by Crippen LogP contribution is 2.25. The number of aromatic nitrogens is 2. The molecule has 0 unspecified atom stereocenters. The van der Waals surface area contributed by atoms with Crippen molar-refractivity contribution in [2.75, 3.05) is 17.7 Å². The molecule has 0 saturated carbocycles. The normalized spacial score (nSPS) is 13.8. The first kappa shape index (κ1) is 13.6. The lowest BCUT2D eigenvalue weighted by Gasteiger charge is -2.13. The highest BCUT2D eigenvalue weighted by molar-refractivity contribution is 6.05. The second-order valence-electron chi connectivity index (χ2n) is 5.31. The first-order valence-corrected chi connectivity index (χ1v) is 6.88. The van der Waals surface area contributed by atoms with Crippen LogP contribution >= 0.6 is 0 Å². The van der Waals surface area contributed by atoms with Gasteiger partial charge >= 0.3 is 0 Å². The molecule has 21 heavy (non-hydrogen) atoms. The highest BCUT2D eigenvalue weighted by atomic mass is 16.5. The Hall–Kier alpha value is -2.34. The van der Waals surface area contributed by atoms with E-state index in [2.05, 4.69) is 15.5 Å². The molecule has 2 heterocycles. The number of nitrogens with two attached hydrogens (primary N) is 1. The fourth-order valence-corrected chi connectivity index (χ4v) is 2.43. The molecule has 110 valence electrons. The van der Waals surface area contributed by atoms with Crippen LogP contribution in [-0.4, -0.2) is 22.7 Å². The van der Waals surface area contributed by atoms with Gasteiger partial charge < -0.3 is 15.8 Å². The number of amides is 1. The quantitative estimate of drug-likeness (QED) is 0.735. The molecule has 6 nitrogen and oxygen atoms in total. The molecule has 6 heteroatoms. The lowest BCUT2D eigenvalue weighted by Crippen LogP contribution is -2.18. The average molecular weight is 286 g/mol. The number of fused-ring (bicyclic) bond motifs is 1. The van der Waals surface area contributed by atoms with Crippen LogP contribution in [0.3, 0.4) is 0 Å². The Kier molecular flexibility index (Phi) is 3.39. The summed E-state index contributed by atoms with van der Waals surface area (Å²) in [4.78, 5) is 12.4. The van der Waals surface area contributed by atoms with E-state index < -0.39 is 0 Å². The third-order valence-electron chi connectivity index (χ3n) is 3.82. The van der Waals surface area contributed by atoms with E-state index in [1.54, 1.807) is 0 Å². The third-order valence-corrected chi connectivity index (χ3v) is 3.82. The number of aromatic amines is 1. The van der Waals surface area contributed by atoms with Crippen molar-refractivity contribution >= 4 is 17.3 Å². The summed E-state index contributed by atoms with van der Waals surface area (Å²) < 4.78 is 5.39. The zero-order valence-corrected chi connectivity index (χ0v) is 12.1. The number of hydrogen-bond acceptors (Lipinski definition) is 4. The van der Waals surface area contributed by atoms with Crippen molar-refractivity contribution in [3.8, 4) is 0 Å². The number of nitrogen functional groups attached to an aromatic ring is 1. The van der Waals surface area contributed by atoms with Crippen molar-refractivity contribution in [2.24, 2.45) is 0 Å². The summed E-state index contributed by atoms with van der Waals surface area (Å²) in [6.07, 6.45) is 0.751. The first-order chi connectivity index (χ1) is 10.1. The second kappa shape index (κ2) is 5.21. The predicted molar refractivity (Wildman–Crippen MR) is 80.2 cm³/mol. The Morgan fingerprint density at radius 1 is 1.38 bits per heavy atom. The lowest BCUT2D eigenvalue weighted by atomic mass is 10.1. The number of H-pyrrole nitrogens is 1. The van der Waals surface area contributed by atoms with Crippen molar-refractivity contribution in [2.45, 2.75) is 26.9 Å². The van der Waals surface area contributed by atoms with Gasteiger partial charge in [0.05, 0.1) is 24.6 Å². The topological polar surface area (TPSA) is 93.0 Å². The standard InChI is InChI=1S/C15H18N4O2/c1-8-5-11(16)13(6-9(8)2)17-15(20)14-10-7-21-4-3-12(10)18-19-14/h5-6H,3-4,7,16H2,1-2H3,(H,17,20)(H,18,19). The van der Waals surface area contributed by atoms with Gasteiger partial charge in [0.25, 0.3) is 5.91 Å². The van der Waals surface area contributed by atoms with Crippen LogP contribution in [-0.2, 0) is 17.8 Å². The molecular formula is C15H18N4O2. The van der Waals surface area contributed by atoms with Crippen LogP contribution in [0.5, 0.6) is 0 Å². The van der Waals surface area contributed by atoms with Crippen molar-refractivity contribution in [3.05, 3.63) is 40.2 Å². The SMILES string of the molecule is Cc1cc(N)c(NC(=O)c2n[nH]c3c2COCC3)cc1C. The number of rotatable bonds is 2. The molecule has 1 aliphatic rings. The predicted octanol–water partition coefficient (Wildman–Crippen LogP) is 1.93. The summed E-state index contributed by atoms with van der Waals surface area (Å²) in [5.41, 5.74) is 11.5. The molecule has 0 fully saturated rings. The maximum atomic E-state index is 12.4. The van der Waals surface area contributed by atoms with Gasteiger partial charge in [-0.05, 0) is 37.1 Å². The van der Waals surface area contributed by atoms with Crippen LogP contribution in [0.1, 0.15) is 32.9 Å². The van der Waals surface area contributed by atoms with E-state index in [0.717, 1.165) is 28.8 Å². The number of benzene rings is 1. The van der Waals surface area contributed by atoms with Crippen LogP contribution in [0.2, 0.25) is 0 Å². The van der Waals surface area contributed by atoms with Gasteiger partial charge in [-0.2, -0.15) is 5.10 Å². The minimum Gasteiger partial charge on any atom is -0.397 e. The van der Waals surface area contributed by atoms with Crippen LogP contribution in [0, 0.1) is 13.8 Å². The number of nitrogens with zero attached hydrogens (tertiary/aromatic N) is 1. The van der Waals surface area contributed by atoms with Crippen molar-refractivity contribution in [1.82, 2.24) is 10.2 Å². The highest BCUT2D eigenvalue weighted by Gasteiger charge is 2.22. The summed E-state index contributed by atoms with van der Waals surface area (Å²) in [6.45, 7) is 5.03. The number of nitrogens with one attached hydrogen (secondary N) is 2. The fourth-order valence-electron chi connectivity index (χ4n) is 2.43. The van der Waals surface area contributed by atoms with Gasteiger partial charge in [-0.15, -0.1) is 0 Å². The van der Waals surface area contributed by atoms with Gasteiger partial charge in [-0.1, -0.05) is 0 Å². The van der Waals surface area contributed by atoms with E-state index in [0.29, 0.717) is 30.3 Å². The smallest absolute Gasteiger partial charge is 0.276 e. The molecule has 0 atom stereocenters. The minimum absolute atomic E-state index is 0.270. The minimum atomic E-state index is -0.270. The molecule has 2 aromatic rings. The number of carbonyl (C=O) groups is 1. The van der Waals surface area contributed by atoms with E-state index in [9.17, 15) is 4.79 Å². The zero-order chi connectivity index (χ0) is 15.0. The Balaban J connectivity index is 1.87. The van der Waals surface area contributed by atoms with Crippen molar-refractivity contribution in [3.63, 3.8) is 0 Å². The Morgan fingerprint density at radius 3 is 2.95 bits per heavy atom. The van der Waals surface area contributed by atoms with Crippen molar-refractivity contribution < 1.29 is 9.53 Å². The molecule has 4 N–H and O–H groups in total. The van der Waals surface area contributed by atoms with Crippen molar-refractivity contribution in [1.29, 1.82) is 0 Å². The van der Waals surface area contributed by atoms with Gasteiger partial charge in [0, 0.05) is 17.7 Å². The number of hydrogen-bond donors (Lipinski definition) is 3. The average Bonchev–Trinajstić information content (AvgIpc) is 2.88. The van der Waals surface area contributed by atoms with E-state index in [1.807, 2.05) is 26.0 Å². The summed E-state index contributed by atoms with van der Waals surface area (Å²) in [5, 5.41) is 9.84. The summed E-state index contributed by atoms with van der Waals surface area (Å²) >= 11 is 0. The van der Waals surface area contributed by atoms with Gasteiger partial charge in [0.1, 0.15) is 0 Å². The molecule has 1 aliphatic heterocycles. The summed E-state index contributed by atoms with van der Waals surface area (Å²) in [7, 11) is 0. The largest absolute Gasteiger partial charge is 0.397 e. The van der Waals surface area contributed by atoms with Crippen LogP contribution in [0.15, 0.2) is 12.1 Å². The maximum Gasteiger partial charge on any atom is 0.276 e. The summed E-state index contributed by atoms with van der Waals surface area (Å²) in [5.74, 6) is -0.270. The summed E-state index contributed by atoms with van der Waals surface area (Å²) in [6, 6.07) is 3.73. The molecule has 1 aromatic carbocycles. The van der Waals surface area contributed by atoms with E-state index in [4.69, 9.17) is 10.5 Å². The van der Waals surface area contributed by atoms with Crippen LogP contribution < -0.4 is 11.1 Å². The number of anilines is 2. The lowest BCUT2D eigenvalue weighted by molar-refractivity contribution is 0.0985. The molecular weight excluding hydrogens is 268 g/mol. The monoisotopic (exact) mass is 286 g/mol.